The average Bonchev–Trinajstić information content (AvgIpc) is 3.16. The molecular weight excluding hydrogens is 497 g/mol. The Morgan fingerprint density at radius 1 is 1.11 bits per heavy atom. The Kier molecular flexibility index (Phi) is 9.34. The molecule has 1 atom stereocenters. The van der Waals surface area contributed by atoms with E-state index in [9.17, 15) is 17.6 Å². The molecule has 1 heterocycles. The number of nitrogens with one attached hydrogen (secondary N) is 1. The smallest absolute Gasteiger partial charge is 0.283 e. The van der Waals surface area contributed by atoms with Crippen LogP contribution in [0, 0.1) is 5.82 Å². The molecule has 0 aliphatic heterocycles. The van der Waals surface area contributed by atoms with Crippen molar-refractivity contribution in [2.45, 2.75) is 109 Å². The number of amides is 1. The first kappa shape index (κ1) is 30.2. The number of nitrogens with zero attached hydrogens (tertiary/aromatic N) is 2. The third kappa shape index (κ3) is 7.49. The Balaban J connectivity index is 2.17. The molecule has 0 saturated heterocycles. The van der Waals surface area contributed by atoms with Crippen molar-refractivity contribution in [2.24, 2.45) is 0 Å². The number of halogens is 1. The lowest BCUT2D eigenvalue weighted by Gasteiger charge is -2.38. The molecule has 2 rings (SSSR count). The predicted molar refractivity (Wildman–Crippen MR) is 144 cm³/mol. The van der Waals surface area contributed by atoms with E-state index in [2.05, 4.69) is 43.7 Å². The number of aromatic nitrogens is 2. The third-order valence-corrected chi connectivity index (χ3v) is 12.6. The summed E-state index contributed by atoms with van der Waals surface area (Å²) in [6.07, 6.45) is 1.25. The van der Waals surface area contributed by atoms with Crippen molar-refractivity contribution in [1.82, 2.24) is 14.5 Å². The van der Waals surface area contributed by atoms with Crippen molar-refractivity contribution in [3.05, 3.63) is 46.9 Å². The summed E-state index contributed by atoms with van der Waals surface area (Å²) < 4.78 is 50.0. The highest BCUT2D eigenvalue weighted by atomic mass is 32.2. The highest BCUT2D eigenvalue weighted by molar-refractivity contribution is 7.90. The molecule has 7 nitrogen and oxygen atoms in total. The minimum atomic E-state index is -4.16. The zero-order valence-corrected chi connectivity index (χ0v) is 25.1. The lowest BCUT2D eigenvalue weighted by Crippen LogP contribution is -2.44. The van der Waals surface area contributed by atoms with Crippen molar-refractivity contribution >= 4 is 24.2 Å². The predicted octanol–water partition coefficient (Wildman–Crippen LogP) is 5.73. The second kappa shape index (κ2) is 11.1. The molecule has 0 bridgehead atoms. The minimum Gasteiger partial charge on any atom is -0.412 e. The summed E-state index contributed by atoms with van der Waals surface area (Å²) in [6, 6.07) is 4.20. The number of benzene rings is 1. The molecule has 202 valence electrons. The van der Waals surface area contributed by atoms with Gasteiger partial charge in [0.25, 0.3) is 10.0 Å². The summed E-state index contributed by atoms with van der Waals surface area (Å²) in [5.41, 5.74) is 2.06. The van der Waals surface area contributed by atoms with E-state index in [1.165, 1.54) is 22.9 Å². The van der Waals surface area contributed by atoms with Gasteiger partial charge in [0.15, 0.2) is 13.3 Å². The monoisotopic (exact) mass is 539 g/mol. The lowest BCUT2D eigenvalue weighted by molar-refractivity contribution is -0.118. The van der Waals surface area contributed by atoms with Crippen LogP contribution in [0.5, 0.6) is 0 Å². The second-order valence-corrected chi connectivity index (χ2v) is 18.0. The maximum Gasteiger partial charge on any atom is 0.283 e. The van der Waals surface area contributed by atoms with Crippen LogP contribution >= 0.6 is 0 Å². The molecule has 0 aliphatic carbocycles. The summed E-state index contributed by atoms with van der Waals surface area (Å²) in [4.78, 5) is 12.8. The van der Waals surface area contributed by atoms with Gasteiger partial charge in [0, 0.05) is 6.20 Å². The van der Waals surface area contributed by atoms with Crippen LogP contribution in [-0.4, -0.2) is 38.5 Å². The van der Waals surface area contributed by atoms with Crippen LogP contribution in [0.3, 0.4) is 0 Å². The van der Waals surface area contributed by atoms with Gasteiger partial charge < -0.3 is 4.43 Å². The van der Waals surface area contributed by atoms with Gasteiger partial charge in [0.1, 0.15) is 5.82 Å². The van der Waals surface area contributed by atoms with E-state index in [0.29, 0.717) is 23.2 Å². The van der Waals surface area contributed by atoms with Gasteiger partial charge in [0.05, 0.1) is 19.1 Å². The Hall–Kier alpha value is -2.04. The SMILES string of the molecule is CC(C)c1cc(F)cc(C(C)C)c1CC(=O)NS(=O)(=O)c1ccn(C[C@@H](C)O[Si](C)(C)C(C)(C)C)n1. The third-order valence-electron chi connectivity index (χ3n) is 6.75. The molecule has 0 unspecified atom stereocenters. The summed E-state index contributed by atoms with van der Waals surface area (Å²) in [7, 11) is -6.14. The largest absolute Gasteiger partial charge is 0.412 e. The van der Waals surface area contributed by atoms with Crippen molar-refractivity contribution in [2.75, 3.05) is 0 Å². The molecule has 0 spiro atoms. The van der Waals surface area contributed by atoms with Crippen LogP contribution < -0.4 is 4.72 Å². The zero-order valence-electron chi connectivity index (χ0n) is 23.3. The quantitative estimate of drug-likeness (QED) is 0.390. The van der Waals surface area contributed by atoms with Crippen LogP contribution in [0.25, 0.3) is 0 Å². The van der Waals surface area contributed by atoms with Gasteiger partial charge in [-0.2, -0.15) is 13.5 Å². The van der Waals surface area contributed by atoms with E-state index in [0.717, 1.165) is 0 Å². The summed E-state index contributed by atoms with van der Waals surface area (Å²) in [5.74, 6) is -1.10. The molecular formula is C26H42FN3O4SSi. The fraction of sp³-hybridized carbons (Fsp3) is 0.615. The minimum absolute atomic E-state index is 0.0242. The van der Waals surface area contributed by atoms with E-state index in [4.69, 9.17) is 4.43 Å². The topological polar surface area (TPSA) is 90.3 Å². The standard InChI is InChI=1S/C26H42FN3O4SSi/c1-17(2)21-13-20(27)14-22(18(3)4)23(21)15-24(31)29-35(32,33)25-11-12-30(28-25)16-19(5)34-36(9,10)26(6,7)8/h11-14,17-19H,15-16H2,1-10H3,(H,29,31)/t19-/m1/s1. The highest BCUT2D eigenvalue weighted by Crippen LogP contribution is 2.37. The van der Waals surface area contributed by atoms with E-state index in [1.807, 2.05) is 34.6 Å². The van der Waals surface area contributed by atoms with Crippen molar-refractivity contribution in [1.29, 1.82) is 0 Å². The number of carbonyl (C=O) groups excluding carboxylic acids is 1. The second-order valence-electron chi connectivity index (χ2n) is 11.6. The Bertz CT molecular complexity index is 1160. The number of sulfonamides is 1. The maximum atomic E-state index is 14.2. The number of carbonyl (C=O) groups is 1. The van der Waals surface area contributed by atoms with Crippen molar-refractivity contribution < 1.29 is 22.0 Å². The van der Waals surface area contributed by atoms with Crippen molar-refractivity contribution in [3.8, 4) is 0 Å². The Labute approximate surface area is 217 Å². The van der Waals surface area contributed by atoms with E-state index in [1.54, 1.807) is 6.20 Å². The van der Waals surface area contributed by atoms with Gasteiger partial charge in [-0.3, -0.25) is 9.48 Å². The molecule has 0 fully saturated rings. The normalized spacial score (nSPS) is 13.9. The zero-order chi connectivity index (χ0) is 27.6. The molecule has 0 aliphatic rings. The van der Waals surface area contributed by atoms with Crippen LogP contribution in [0.2, 0.25) is 18.1 Å². The number of rotatable bonds is 10. The summed E-state index contributed by atoms with van der Waals surface area (Å²) >= 11 is 0. The molecule has 10 heteroatoms. The summed E-state index contributed by atoms with van der Waals surface area (Å²) in [6.45, 7) is 20.8. The average molecular weight is 540 g/mol. The Morgan fingerprint density at radius 3 is 2.11 bits per heavy atom. The molecule has 2 aromatic rings. The first-order valence-electron chi connectivity index (χ1n) is 12.4. The fourth-order valence-electron chi connectivity index (χ4n) is 3.88. The number of hydrogen-bond donors (Lipinski definition) is 1. The van der Waals surface area contributed by atoms with Crippen molar-refractivity contribution in [3.63, 3.8) is 0 Å². The van der Waals surface area contributed by atoms with Crippen LogP contribution in [0.15, 0.2) is 29.4 Å². The Morgan fingerprint density at radius 2 is 1.64 bits per heavy atom. The fourth-order valence-corrected chi connectivity index (χ4v) is 6.24. The first-order chi connectivity index (χ1) is 16.3. The molecule has 1 aromatic carbocycles. The van der Waals surface area contributed by atoms with Gasteiger partial charge in [-0.1, -0.05) is 48.5 Å². The lowest BCUT2D eigenvalue weighted by atomic mass is 9.87. The van der Waals surface area contributed by atoms with Gasteiger partial charge >= 0.3 is 0 Å². The van der Waals surface area contributed by atoms with Crippen LogP contribution in [-0.2, 0) is 32.2 Å². The van der Waals surface area contributed by atoms with Gasteiger partial charge in [-0.15, -0.1) is 0 Å². The van der Waals surface area contributed by atoms with Gasteiger partial charge in [-0.25, -0.2) is 9.11 Å². The molecule has 1 aromatic heterocycles. The van der Waals surface area contributed by atoms with E-state index in [-0.39, 0.29) is 40.2 Å². The molecule has 0 radical (unpaired) electrons. The van der Waals surface area contributed by atoms with E-state index < -0.39 is 24.2 Å². The van der Waals surface area contributed by atoms with Crippen LogP contribution in [0.1, 0.15) is 83.9 Å². The summed E-state index contributed by atoms with van der Waals surface area (Å²) in [5, 5.41) is 4.00. The van der Waals surface area contributed by atoms with Gasteiger partial charge in [0.2, 0.25) is 5.91 Å². The van der Waals surface area contributed by atoms with E-state index >= 15 is 0 Å². The maximum absolute atomic E-state index is 14.2. The molecule has 1 N–H and O–H groups in total. The number of hydrogen-bond acceptors (Lipinski definition) is 5. The first-order valence-corrected chi connectivity index (χ1v) is 16.8. The van der Waals surface area contributed by atoms with Gasteiger partial charge in [-0.05, 0) is 71.8 Å². The molecule has 1 amide bonds. The molecule has 0 saturated carbocycles. The molecule has 36 heavy (non-hydrogen) atoms. The highest BCUT2D eigenvalue weighted by Gasteiger charge is 2.38. The van der Waals surface area contributed by atoms with Crippen LogP contribution in [0.4, 0.5) is 4.39 Å².